The molecule has 0 saturated carbocycles. The molecule has 3 aromatic rings. The van der Waals surface area contributed by atoms with E-state index in [2.05, 4.69) is 22.3 Å². The van der Waals surface area contributed by atoms with Crippen LogP contribution in [-0.2, 0) is 18.2 Å². The molecule has 1 atom stereocenters. The summed E-state index contributed by atoms with van der Waals surface area (Å²) < 4.78 is 7.01. The summed E-state index contributed by atoms with van der Waals surface area (Å²) in [7, 11) is 3.47. The number of carbonyl (C=O) groups is 1. The summed E-state index contributed by atoms with van der Waals surface area (Å²) in [5.74, 6) is -0.133. The van der Waals surface area contributed by atoms with Crippen LogP contribution in [0, 0.1) is 0 Å². The van der Waals surface area contributed by atoms with Crippen molar-refractivity contribution < 1.29 is 9.53 Å². The average molecular weight is 326 g/mol. The second-order valence-corrected chi connectivity index (χ2v) is 5.74. The Hall–Kier alpha value is -2.60. The van der Waals surface area contributed by atoms with Gasteiger partial charge in [0.25, 0.3) is 5.91 Å². The Kier molecular flexibility index (Phi) is 4.66. The molecular formula is C18H22N4O2. The molecule has 0 radical (unpaired) electrons. The maximum atomic E-state index is 12.9. The fourth-order valence-electron chi connectivity index (χ4n) is 3.09. The molecule has 0 aliphatic carbocycles. The minimum atomic E-state index is -0.258. The minimum Gasteiger partial charge on any atom is -0.382 e. The number of hydrogen-bond donors (Lipinski definition) is 2. The van der Waals surface area contributed by atoms with E-state index in [1.165, 1.54) is 0 Å². The van der Waals surface area contributed by atoms with Gasteiger partial charge in [-0.25, -0.2) is 0 Å². The topological polar surface area (TPSA) is 71.9 Å². The van der Waals surface area contributed by atoms with Gasteiger partial charge in [-0.3, -0.25) is 9.48 Å². The zero-order valence-corrected chi connectivity index (χ0v) is 14.2. The van der Waals surface area contributed by atoms with E-state index >= 15 is 0 Å². The number of aromatic amines is 1. The first-order valence-electron chi connectivity index (χ1n) is 8.03. The molecule has 6 heteroatoms. The number of ether oxygens (including phenoxy) is 1. The second kappa shape index (κ2) is 6.88. The van der Waals surface area contributed by atoms with Crippen LogP contribution in [0.3, 0.4) is 0 Å². The van der Waals surface area contributed by atoms with Crippen LogP contribution in [0.4, 0.5) is 0 Å². The van der Waals surface area contributed by atoms with Crippen molar-refractivity contribution in [3.8, 4) is 0 Å². The maximum Gasteiger partial charge on any atom is 0.268 e. The maximum absolute atomic E-state index is 12.9. The van der Waals surface area contributed by atoms with Gasteiger partial charge in [-0.2, -0.15) is 5.10 Å². The van der Waals surface area contributed by atoms with E-state index in [0.29, 0.717) is 12.3 Å². The summed E-state index contributed by atoms with van der Waals surface area (Å²) in [6.45, 7) is 2.44. The zero-order chi connectivity index (χ0) is 17.1. The van der Waals surface area contributed by atoms with E-state index < -0.39 is 0 Å². The van der Waals surface area contributed by atoms with E-state index in [9.17, 15) is 4.79 Å². The monoisotopic (exact) mass is 326 g/mol. The number of fused-ring (bicyclic) bond motifs is 1. The van der Waals surface area contributed by atoms with E-state index in [1.807, 2.05) is 37.4 Å². The first-order valence-corrected chi connectivity index (χ1v) is 8.03. The molecule has 3 rings (SSSR count). The third kappa shape index (κ3) is 2.92. The van der Waals surface area contributed by atoms with Crippen molar-refractivity contribution in [2.45, 2.75) is 19.4 Å². The number of aryl methyl sites for hydroxylation is 2. The highest BCUT2D eigenvalue weighted by Crippen LogP contribution is 2.23. The molecule has 0 aliphatic rings. The number of H-pyrrole nitrogens is 1. The van der Waals surface area contributed by atoms with Crippen molar-refractivity contribution in [3.05, 3.63) is 53.5 Å². The van der Waals surface area contributed by atoms with Gasteiger partial charge < -0.3 is 15.0 Å². The molecule has 0 unspecified atom stereocenters. The molecule has 0 fully saturated rings. The number of hydrogen-bond acceptors (Lipinski definition) is 3. The van der Waals surface area contributed by atoms with Crippen molar-refractivity contribution in [1.29, 1.82) is 0 Å². The Bertz CT molecular complexity index is 850. The third-order valence-corrected chi connectivity index (χ3v) is 4.25. The largest absolute Gasteiger partial charge is 0.382 e. The van der Waals surface area contributed by atoms with Crippen LogP contribution >= 0.6 is 0 Å². The number of amides is 1. The summed E-state index contributed by atoms with van der Waals surface area (Å²) in [5, 5.41) is 8.32. The molecule has 0 aliphatic heterocycles. The highest BCUT2D eigenvalue weighted by molar-refractivity contribution is 6.01. The molecular weight excluding hydrogens is 304 g/mol. The lowest BCUT2D eigenvalue weighted by atomic mass is 10.1. The molecule has 6 nitrogen and oxygen atoms in total. The Morgan fingerprint density at radius 1 is 1.38 bits per heavy atom. The Morgan fingerprint density at radius 2 is 2.17 bits per heavy atom. The second-order valence-electron chi connectivity index (χ2n) is 5.74. The van der Waals surface area contributed by atoms with Gasteiger partial charge in [-0.05, 0) is 24.1 Å². The van der Waals surface area contributed by atoms with Gasteiger partial charge in [0.05, 0.1) is 18.3 Å². The number of nitrogens with zero attached hydrogens (tertiary/aromatic N) is 2. The lowest BCUT2D eigenvalue weighted by Crippen LogP contribution is -2.33. The molecule has 0 spiro atoms. The molecule has 24 heavy (non-hydrogen) atoms. The lowest BCUT2D eigenvalue weighted by molar-refractivity contribution is 0.0887. The highest BCUT2D eigenvalue weighted by Gasteiger charge is 2.22. The van der Waals surface area contributed by atoms with Gasteiger partial charge >= 0.3 is 0 Å². The van der Waals surface area contributed by atoms with E-state index in [1.54, 1.807) is 18.0 Å². The number of aromatic nitrogens is 3. The predicted octanol–water partition coefficient (Wildman–Crippen LogP) is 2.58. The molecule has 0 saturated heterocycles. The van der Waals surface area contributed by atoms with Crippen molar-refractivity contribution in [2.75, 3.05) is 13.7 Å². The van der Waals surface area contributed by atoms with Crippen LogP contribution in [0.1, 0.15) is 34.7 Å². The predicted molar refractivity (Wildman–Crippen MR) is 93.0 cm³/mol. The number of para-hydroxylation sites is 1. The zero-order valence-electron chi connectivity index (χ0n) is 14.2. The number of benzene rings is 1. The Labute approximate surface area is 140 Å². The fraction of sp³-hybridized carbons (Fsp3) is 0.333. The molecule has 2 N–H and O–H groups in total. The van der Waals surface area contributed by atoms with Crippen molar-refractivity contribution in [3.63, 3.8) is 0 Å². The number of nitrogens with one attached hydrogen (secondary N) is 2. The van der Waals surface area contributed by atoms with Crippen molar-refractivity contribution in [2.24, 2.45) is 7.05 Å². The SMILES string of the molecule is CCc1c(C(=O)N[C@@H](COC)c2ccnn2C)[nH]c2ccccc12. The normalized spacial score (nSPS) is 12.5. The standard InChI is InChI=1S/C18H22N4O2/c1-4-12-13-7-5-6-8-14(13)20-17(12)18(23)21-15(11-24-3)16-9-10-19-22(16)2/h5-10,15,20H,4,11H2,1-3H3,(H,21,23)/t15-/m0/s1. The van der Waals surface area contributed by atoms with E-state index in [0.717, 1.165) is 28.6 Å². The summed E-state index contributed by atoms with van der Waals surface area (Å²) in [5.41, 5.74) is 3.52. The van der Waals surface area contributed by atoms with E-state index in [4.69, 9.17) is 4.74 Å². The van der Waals surface area contributed by atoms with Crippen LogP contribution in [0.15, 0.2) is 36.5 Å². The van der Waals surface area contributed by atoms with Gasteiger partial charge in [0, 0.05) is 31.3 Å². The van der Waals surface area contributed by atoms with Gasteiger partial charge in [0.15, 0.2) is 0 Å². The van der Waals surface area contributed by atoms with Crippen LogP contribution in [0.25, 0.3) is 10.9 Å². The van der Waals surface area contributed by atoms with Crippen LogP contribution in [-0.4, -0.2) is 34.4 Å². The summed E-state index contributed by atoms with van der Waals surface area (Å²) in [6, 6.07) is 9.60. The fourth-order valence-corrected chi connectivity index (χ4v) is 3.09. The first kappa shape index (κ1) is 16.3. The van der Waals surface area contributed by atoms with E-state index in [-0.39, 0.29) is 11.9 Å². The third-order valence-electron chi connectivity index (χ3n) is 4.25. The number of rotatable bonds is 6. The smallest absolute Gasteiger partial charge is 0.268 e. The van der Waals surface area contributed by atoms with Gasteiger partial charge in [-0.1, -0.05) is 25.1 Å². The molecule has 2 aromatic heterocycles. The molecule has 126 valence electrons. The van der Waals surface area contributed by atoms with Crippen molar-refractivity contribution >= 4 is 16.8 Å². The summed E-state index contributed by atoms with van der Waals surface area (Å²) in [6.07, 6.45) is 2.50. The first-order chi connectivity index (χ1) is 11.7. The average Bonchev–Trinajstić information content (AvgIpc) is 3.17. The summed E-state index contributed by atoms with van der Waals surface area (Å²) in [4.78, 5) is 16.1. The molecule has 2 heterocycles. The van der Waals surface area contributed by atoms with Gasteiger partial charge in [0.1, 0.15) is 5.69 Å². The summed E-state index contributed by atoms with van der Waals surface area (Å²) >= 11 is 0. The van der Waals surface area contributed by atoms with Crippen LogP contribution in [0.2, 0.25) is 0 Å². The molecule has 1 amide bonds. The number of methoxy groups -OCH3 is 1. The highest BCUT2D eigenvalue weighted by atomic mass is 16.5. The van der Waals surface area contributed by atoms with Crippen molar-refractivity contribution in [1.82, 2.24) is 20.1 Å². The quantitative estimate of drug-likeness (QED) is 0.731. The van der Waals surface area contributed by atoms with Gasteiger partial charge in [0.2, 0.25) is 0 Å². The Morgan fingerprint density at radius 3 is 2.83 bits per heavy atom. The number of carbonyl (C=O) groups excluding carboxylic acids is 1. The van der Waals surface area contributed by atoms with Crippen LogP contribution in [0.5, 0.6) is 0 Å². The van der Waals surface area contributed by atoms with Crippen LogP contribution < -0.4 is 5.32 Å². The molecule has 0 bridgehead atoms. The lowest BCUT2D eigenvalue weighted by Gasteiger charge is -2.18. The minimum absolute atomic E-state index is 0.133. The Balaban J connectivity index is 1.92. The molecule has 1 aromatic carbocycles. The van der Waals surface area contributed by atoms with Gasteiger partial charge in [-0.15, -0.1) is 0 Å².